The minimum atomic E-state index is -4.64. The van der Waals surface area contributed by atoms with Gasteiger partial charge in [-0.2, -0.15) is 0 Å². The summed E-state index contributed by atoms with van der Waals surface area (Å²) < 4.78 is 34.2. The van der Waals surface area contributed by atoms with Crippen molar-refractivity contribution in [1.82, 2.24) is 0 Å². The van der Waals surface area contributed by atoms with Crippen LogP contribution < -0.4 is 4.89 Å². The van der Waals surface area contributed by atoms with E-state index in [2.05, 4.69) is 98.9 Å². The van der Waals surface area contributed by atoms with Crippen LogP contribution in [0.15, 0.2) is 85.1 Å². The van der Waals surface area contributed by atoms with E-state index in [4.69, 9.17) is 18.5 Å². The quantitative estimate of drug-likeness (QED) is 0.0195. The molecule has 0 aromatic heterocycles. The molecule has 0 aromatic rings. The van der Waals surface area contributed by atoms with Crippen molar-refractivity contribution in [1.29, 1.82) is 0 Å². The second-order valence-corrected chi connectivity index (χ2v) is 23.4. The van der Waals surface area contributed by atoms with Gasteiger partial charge in [-0.15, -0.1) is 0 Å². The number of likely N-dealkylation sites (N-methyl/N-ethyl adjacent to an activating group) is 1. The number of esters is 2. The maximum absolute atomic E-state index is 12.8. The van der Waals surface area contributed by atoms with Crippen molar-refractivity contribution in [3.8, 4) is 0 Å². The van der Waals surface area contributed by atoms with E-state index in [9.17, 15) is 19.0 Å². The smallest absolute Gasteiger partial charge is 0.306 e. The Balaban J connectivity index is 4.09. The summed E-state index contributed by atoms with van der Waals surface area (Å²) in [6.45, 7) is 4.14. The highest BCUT2D eigenvalue weighted by Crippen LogP contribution is 2.38. The number of rotatable bonds is 57. The second kappa shape index (κ2) is 56.9. The zero-order valence-corrected chi connectivity index (χ0v) is 50.8. The van der Waals surface area contributed by atoms with Crippen LogP contribution in [0.25, 0.3) is 0 Å². The molecule has 0 spiro atoms. The fourth-order valence-electron chi connectivity index (χ4n) is 8.60. The fourth-order valence-corrected chi connectivity index (χ4v) is 9.33. The Kier molecular flexibility index (Phi) is 54.8. The summed E-state index contributed by atoms with van der Waals surface area (Å²) in [5.41, 5.74) is 0. The van der Waals surface area contributed by atoms with Crippen LogP contribution in [0, 0.1) is 0 Å². The van der Waals surface area contributed by atoms with Gasteiger partial charge in [0.1, 0.15) is 19.8 Å². The van der Waals surface area contributed by atoms with E-state index < -0.39 is 26.5 Å². The van der Waals surface area contributed by atoms with Crippen LogP contribution in [0.3, 0.4) is 0 Å². The number of carbonyl (C=O) groups excluding carboxylic acids is 2. The molecule has 9 nitrogen and oxygen atoms in total. The van der Waals surface area contributed by atoms with Crippen molar-refractivity contribution in [2.75, 3.05) is 47.5 Å². The minimum Gasteiger partial charge on any atom is -0.756 e. The molecule has 2 atom stereocenters. The van der Waals surface area contributed by atoms with Crippen LogP contribution in [-0.2, 0) is 32.7 Å². The van der Waals surface area contributed by atoms with Crippen molar-refractivity contribution >= 4 is 19.8 Å². The minimum absolute atomic E-state index is 0.0330. The van der Waals surface area contributed by atoms with Crippen molar-refractivity contribution in [2.24, 2.45) is 0 Å². The Morgan fingerprint density at radius 3 is 1.13 bits per heavy atom. The number of hydrogen-bond donors (Lipinski definition) is 0. The molecule has 0 aliphatic carbocycles. The monoisotopic (exact) mass is 1080 g/mol. The van der Waals surface area contributed by atoms with Crippen molar-refractivity contribution in [3.05, 3.63) is 85.1 Å². The van der Waals surface area contributed by atoms with Gasteiger partial charge < -0.3 is 27.9 Å². The number of allylic oxidation sites excluding steroid dienone is 14. The van der Waals surface area contributed by atoms with Gasteiger partial charge >= 0.3 is 11.9 Å². The van der Waals surface area contributed by atoms with Gasteiger partial charge in [-0.1, -0.05) is 253 Å². The van der Waals surface area contributed by atoms with E-state index in [1.54, 1.807) is 0 Å². The first-order chi connectivity index (χ1) is 37.0. The van der Waals surface area contributed by atoms with Gasteiger partial charge in [0, 0.05) is 12.8 Å². The third-order valence-corrected chi connectivity index (χ3v) is 14.4. The Bertz CT molecular complexity index is 1560. The van der Waals surface area contributed by atoms with Gasteiger partial charge in [0.05, 0.1) is 27.7 Å². The summed E-state index contributed by atoms with van der Waals surface area (Å²) in [5.74, 6) is -0.831. The standard InChI is InChI=1S/C66H118NO8P/c1-6-8-10-12-14-16-18-20-22-24-26-27-28-29-30-31-32-33-34-35-36-37-38-39-41-43-45-47-49-51-53-55-57-59-66(69)75-64(63-74-76(70,71)73-61-60-67(3,4)5)62-72-65(68)58-56-54-52-50-48-46-44-42-40-25-23-21-19-17-15-13-11-9-7-2/h8,10,14,16,20-23,26-27,29-30,32-33,64H,6-7,9,11-13,15,17-19,24-25,28,31,34-63H2,1-5H3/b10-8-,16-14-,22-20-,23-21-,27-26-,30-29-,33-32-. The van der Waals surface area contributed by atoms with Crippen LogP contribution >= 0.6 is 7.82 Å². The van der Waals surface area contributed by atoms with Crippen molar-refractivity contribution in [2.45, 2.75) is 277 Å². The molecule has 0 saturated carbocycles. The normalized spacial score (nSPS) is 13.8. The fraction of sp³-hybridized carbons (Fsp3) is 0.758. The van der Waals surface area contributed by atoms with Crippen LogP contribution in [0.1, 0.15) is 271 Å². The van der Waals surface area contributed by atoms with Gasteiger partial charge in [-0.25, -0.2) is 0 Å². The Hall–Kier alpha value is -2.81. The number of ether oxygens (including phenoxy) is 2. The van der Waals surface area contributed by atoms with Crippen LogP contribution in [0.5, 0.6) is 0 Å². The average Bonchev–Trinajstić information content (AvgIpc) is 3.38. The van der Waals surface area contributed by atoms with E-state index in [1.165, 1.54) is 161 Å². The van der Waals surface area contributed by atoms with E-state index in [-0.39, 0.29) is 32.0 Å². The SMILES string of the molecule is CC/C=C\C/C=C\C/C=C\C/C=C\C/C=C\C/C=C\CCCCCCCCCCCCCCCCC(=O)OC(COC(=O)CCCCCCCCCCC/C=C\CCCCCCCC)COP(=O)([O-])OCC[N+](C)(C)C. The predicted molar refractivity (Wildman–Crippen MR) is 323 cm³/mol. The number of phosphoric ester groups is 1. The van der Waals surface area contributed by atoms with E-state index in [0.29, 0.717) is 17.4 Å². The molecule has 0 radical (unpaired) electrons. The molecule has 0 saturated heterocycles. The number of quaternary nitrogens is 1. The number of nitrogens with zero attached hydrogens (tertiary/aromatic N) is 1. The highest BCUT2D eigenvalue weighted by molar-refractivity contribution is 7.45. The van der Waals surface area contributed by atoms with Gasteiger partial charge in [0.2, 0.25) is 0 Å². The summed E-state index contributed by atoms with van der Waals surface area (Å²) in [7, 11) is 1.17. The first-order valence-electron chi connectivity index (χ1n) is 31.3. The summed E-state index contributed by atoms with van der Waals surface area (Å²) in [5, 5.41) is 0. The number of phosphoric acid groups is 1. The topological polar surface area (TPSA) is 111 Å². The molecular weight excluding hydrogens is 966 g/mol. The van der Waals surface area contributed by atoms with Crippen LogP contribution in [0.2, 0.25) is 0 Å². The second-order valence-electron chi connectivity index (χ2n) is 22.0. The van der Waals surface area contributed by atoms with Gasteiger partial charge in [0.15, 0.2) is 6.10 Å². The lowest BCUT2D eigenvalue weighted by molar-refractivity contribution is -0.870. The Morgan fingerprint density at radius 2 is 0.750 bits per heavy atom. The van der Waals surface area contributed by atoms with E-state index in [0.717, 1.165) is 77.0 Å². The van der Waals surface area contributed by atoms with Gasteiger partial charge in [-0.05, 0) is 89.9 Å². The van der Waals surface area contributed by atoms with Crippen LogP contribution in [-0.4, -0.2) is 70.0 Å². The Morgan fingerprint density at radius 1 is 0.421 bits per heavy atom. The first-order valence-corrected chi connectivity index (χ1v) is 32.8. The number of unbranched alkanes of at least 4 members (excludes halogenated alkanes) is 29. The van der Waals surface area contributed by atoms with Crippen molar-refractivity contribution in [3.63, 3.8) is 0 Å². The zero-order valence-electron chi connectivity index (χ0n) is 49.9. The summed E-state index contributed by atoms with van der Waals surface area (Å²) in [4.78, 5) is 37.9. The van der Waals surface area contributed by atoms with E-state index in [1.807, 2.05) is 21.1 Å². The third kappa shape index (κ3) is 60.4. The van der Waals surface area contributed by atoms with Crippen LogP contribution in [0.4, 0.5) is 0 Å². The number of carbonyl (C=O) groups is 2. The molecule has 2 unspecified atom stereocenters. The average molecular weight is 1080 g/mol. The van der Waals surface area contributed by atoms with Gasteiger partial charge in [-0.3, -0.25) is 14.2 Å². The lowest BCUT2D eigenvalue weighted by Crippen LogP contribution is -2.37. The molecule has 0 bridgehead atoms. The van der Waals surface area contributed by atoms with E-state index >= 15 is 0 Å². The third-order valence-electron chi connectivity index (χ3n) is 13.4. The zero-order chi connectivity index (χ0) is 55.6. The molecule has 0 amide bonds. The molecular formula is C66H118NO8P. The summed E-state index contributed by atoms with van der Waals surface area (Å²) in [6, 6.07) is 0. The van der Waals surface area contributed by atoms with Gasteiger partial charge in [0.25, 0.3) is 7.82 Å². The van der Waals surface area contributed by atoms with Crippen molar-refractivity contribution < 1.29 is 42.1 Å². The summed E-state index contributed by atoms with van der Waals surface area (Å²) in [6.07, 6.45) is 76.4. The molecule has 76 heavy (non-hydrogen) atoms. The predicted octanol–water partition coefficient (Wildman–Crippen LogP) is 19.2. The molecule has 10 heteroatoms. The number of hydrogen-bond acceptors (Lipinski definition) is 8. The highest BCUT2D eigenvalue weighted by Gasteiger charge is 2.22. The molecule has 0 aliphatic rings. The lowest BCUT2D eigenvalue weighted by atomic mass is 10.0. The highest BCUT2D eigenvalue weighted by atomic mass is 31.2. The lowest BCUT2D eigenvalue weighted by Gasteiger charge is -2.28. The molecule has 0 aromatic carbocycles. The molecule has 0 heterocycles. The summed E-state index contributed by atoms with van der Waals surface area (Å²) >= 11 is 0. The molecule has 0 rings (SSSR count). The molecule has 0 N–H and O–H groups in total. The Labute approximate surface area is 469 Å². The first kappa shape index (κ1) is 73.2. The maximum atomic E-state index is 12.8. The molecule has 0 aliphatic heterocycles. The molecule has 440 valence electrons. The maximum Gasteiger partial charge on any atom is 0.306 e. The molecule has 0 fully saturated rings. The largest absolute Gasteiger partial charge is 0.756 e.